The number of nitro benzene ring substituents is 1. The Morgan fingerprint density at radius 2 is 2.22 bits per heavy atom. The minimum Gasteiger partial charge on any atom is -0.466 e. The number of benzene rings is 1. The molecule has 0 heterocycles. The van der Waals surface area contributed by atoms with Gasteiger partial charge in [0.2, 0.25) is 0 Å². The van der Waals surface area contributed by atoms with Crippen molar-refractivity contribution < 1.29 is 14.5 Å². The minimum absolute atomic E-state index is 0.0231. The summed E-state index contributed by atoms with van der Waals surface area (Å²) in [6, 6.07) is 4.71. The van der Waals surface area contributed by atoms with Crippen molar-refractivity contribution in [3.05, 3.63) is 38.3 Å². The van der Waals surface area contributed by atoms with Crippen LogP contribution in [0.25, 0.3) is 0 Å². The monoisotopic (exact) mass is 315 g/mol. The maximum atomic E-state index is 11.4. The van der Waals surface area contributed by atoms with Crippen LogP contribution in [0.3, 0.4) is 0 Å². The summed E-state index contributed by atoms with van der Waals surface area (Å²) in [5.74, 6) is -0.610. The summed E-state index contributed by atoms with van der Waals surface area (Å²) in [5.41, 5.74) is 0.553. The molecule has 1 unspecified atom stereocenters. The van der Waals surface area contributed by atoms with Crippen LogP contribution < -0.4 is 0 Å². The first-order valence-corrected chi connectivity index (χ1v) is 6.34. The first-order chi connectivity index (χ1) is 8.45. The molecule has 0 saturated heterocycles. The number of ether oxygens (including phenoxy) is 1. The van der Waals surface area contributed by atoms with Gasteiger partial charge in [0, 0.05) is 16.1 Å². The van der Waals surface area contributed by atoms with Gasteiger partial charge in [0.25, 0.3) is 5.69 Å². The van der Waals surface area contributed by atoms with E-state index in [-0.39, 0.29) is 24.0 Å². The summed E-state index contributed by atoms with van der Waals surface area (Å²) in [6.07, 6.45) is 0.130. The Labute approximate surface area is 113 Å². The second-order valence-electron chi connectivity index (χ2n) is 3.87. The van der Waals surface area contributed by atoms with Crippen molar-refractivity contribution in [1.29, 1.82) is 0 Å². The standard InChI is InChI=1S/C12H14BrNO4/c1-3-18-12(15)6-8(2)10-7-9(13)4-5-11(10)14(16)17/h4-5,7-8H,3,6H2,1-2H3. The maximum Gasteiger partial charge on any atom is 0.306 e. The quantitative estimate of drug-likeness (QED) is 0.474. The molecule has 0 bridgehead atoms. The molecule has 0 aliphatic rings. The lowest BCUT2D eigenvalue weighted by molar-refractivity contribution is -0.385. The van der Waals surface area contributed by atoms with E-state index in [9.17, 15) is 14.9 Å². The molecule has 0 aliphatic heterocycles. The number of nitro groups is 1. The van der Waals surface area contributed by atoms with E-state index in [0.717, 1.165) is 4.47 Å². The van der Waals surface area contributed by atoms with Crippen LogP contribution in [0.2, 0.25) is 0 Å². The van der Waals surface area contributed by atoms with E-state index in [4.69, 9.17) is 4.74 Å². The molecular formula is C12H14BrNO4. The second-order valence-corrected chi connectivity index (χ2v) is 4.79. The summed E-state index contributed by atoms with van der Waals surface area (Å²) in [5, 5.41) is 10.9. The molecule has 0 fully saturated rings. The van der Waals surface area contributed by atoms with E-state index >= 15 is 0 Å². The lowest BCUT2D eigenvalue weighted by Crippen LogP contribution is -2.09. The fraction of sp³-hybridized carbons (Fsp3) is 0.417. The van der Waals surface area contributed by atoms with E-state index in [0.29, 0.717) is 12.2 Å². The molecule has 98 valence electrons. The van der Waals surface area contributed by atoms with Crippen LogP contribution in [0.1, 0.15) is 31.7 Å². The largest absolute Gasteiger partial charge is 0.466 e. The van der Waals surface area contributed by atoms with Gasteiger partial charge in [0.1, 0.15) is 0 Å². The van der Waals surface area contributed by atoms with Gasteiger partial charge in [-0.2, -0.15) is 0 Å². The highest BCUT2D eigenvalue weighted by atomic mass is 79.9. The van der Waals surface area contributed by atoms with Crippen molar-refractivity contribution in [2.75, 3.05) is 6.61 Å². The van der Waals surface area contributed by atoms with Gasteiger partial charge in [-0.05, 0) is 25.0 Å². The van der Waals surface area contributed by atoms with Gasteiger partial charge in [0.05, 0.1) is 18.0 Å². The Bertz CT molecular complexity index is 461. The molecule has 0 aromatic heterocycles. The van der Waals surface area contributed by atoms with Gasteiger partial charge < -0.3 is 4.74 Å². The van der Waals surface area contributed by atoms with Crippen molar-refractivity contribution in [3.63, 3.8) is 0 Å². The Morgan fingerprint density at radius 3 is 2.78 bits per heavy atom. The van der Waals surface area contributed by atoms with E-state index < -0.39 is 4.92 Å². The predicted octanol–water partition coefficient (Wildman–Crippen LogP) is 3.41. The van der Waals surface area contributed by atoms with Crippen LogP contribution in [0, 0.1) is 10.1 Å². The topological polar surface area (TPSA) is 69.4 Å². The molecule has 0 aliphatic carbocycles. The third kappa shape index (κ3) is 3.80. The summed E-state index contributed by atoms with van der Waals surface area (Å²) in [6.45, 7) is 3.81. The average Bonchev–Trinajstić information content (AvgIpc) is 2.28. The highest BCUT2D eigenvalue weighted by Gasteiger charge is 2.21. The molecule has 5 nitrogen and oxygen atoms in total. The molecule has 1 atom stereocenters. The van der Waals surface area contributed by atoms with Crippen LogP contribution >= 0.6 is 15.9 Å². The summed E-state index contributed by atoms with van der Waals surface area (Å²) >= 11 is 3.27. The SMILES string of the molecule is CCOC(=O)CC(C)c1cc(Br)ccc1[N+](=O)[O-]. The van der Waals surface area contributed by atoms with Crippen LogP contribution in [-0.4, -0.2) is 17.5 Å². The number of nitrogens with zero attached hydrogens (tertiary/aromatic N) is 1. The number of carbonyl (C=O) groups excluding carboxylic acids is 1. The Hall–Kier alpha value is -1.43. The molecular weight excluding hydrogens is 302 g/mol. The molecule has 1 aromatic rings. The lowest BCUT2D eigenvalue weighted by atomic mass is 9.96. The van der Waals surface area contributed by atoms with Gasteiger partial charge in [0.15, 0.2) is 0 Å². The summed E-state index contributed by atoms with van der Waals surface area (Å²) in [4.78, 5) is 21.9. The molecule has 0 N–H and O–H groups in total. The van der Waals surface area contributed by atoms with Gasteiger partial charge >= 0.3 is 5.97 Å². The maximum absolute atomic E-state index is 11.4. The van der Waals surface area contributed by atoms with Crippen LogP contribution in [0.4, 0.5) is 5.69 Å². The number of halogens is 1. The molecule has 0 spiro atoms. The Morgan fingerprint density at radius 1 is 1.56 bits per heavy atom. The molecule has 0 radical (unpaired) electrons. The average molecular weight is 316 g/mol. The van der Waals surface area contributed by atoms with E-state index in [2.05, 4.69) is 15.9 Å². The predicted molar refractivity (Wildman–Crippen MR) is 70.5 cm³/mol. The Balaban J connectivity index is 2.96. The number of hydrogen-bond donors (Lipinski definition) is 0. The van der Waals surface area contributed by atoms with Crippen LogP contribution in [-0.2, 0) is 9.53 Å². The molecule has 0 amide bonds. The van der Waals surface area contributed by atoms with Crippen LogP contribution in [0.15, 0.2) is 22.7 Å². The zero-order chi connectivity index (χ0) is 13.7. The normalized spacial score (nSPS) is 11.9. The molecule has 6 heteroatoms. The highest BCUT2D eigenvalue weighted by molar-refractivity contribution is 9.10. The van der Waals surface area contributed by atoms with Crippen molar-refractivity contribution in [2.45, 2.75) is 26.2 Å². The van der Waals surface area contributed by atoms with Crippen molar-refractivity contribution in [3.8, 4) is 0 Å². The minimum atomic E-state index is -0.441. The molecule has 0 saturated carbocycles. The first-order valence-electron chi connectivity index (χ1n) is 5.55. The number of hydrogen-bond acceptors (Lipinski definition) is 4. The third-order valence-electron chi connectivity index (χ3n) is 2.50. The zero-order valence-electron chi connectivity index (χ0n) is 10.2. The first kappa shape index (κ1) is 14.6. The van der Waals surface area contributed by atoms with Gasteiger partial charge in [-0.3, -0.25) is 14.9 Å². The van der Waals surface area contributed by atoms with E-state index in [1.54, 1.807) is 26.0 Å². The summed E-state index contributed by atoms with van der Waals surface area (Å²) in [7, 11) is 0. The fourth-order valence-electron chi connectivity index (χ4n) is 1.67. The number of carbonyl (C=O) groups is 1. The third-order valence-corrected chi connectivity index (χ3v) is 2.99. The highest BCUT2D eigenvalue weighted by Crippen LogP contribution is 2.31. The van der Waals surface area contributed by atoms with Crippen LogP contribution in [0.5, 0.6) is 0 Å². The number of rotatable bonds is 5. The molecule has 18 heavy (non-hydrogen) atoms. The van der Waals surface area contributed by atoms with E-state index in [1.165, 1.54) is 6.07 Å². The smallest absolute Gasteiger partial charge is 0.306 e. The van der Waals surface area contributed by atoms with E-state index in [1.807, 2.05) is 0 Å². The van der Waals surface area contributed by atoms with Crippen molar-refractivity contribution in [1.82, 2.24) is 0 Å². The summed E-state index contributed by atoms with van der Waals surface area (Å²) < 4.78 is 5.59. The number of esters is 1. The van der Waals surface area contributed by atoms with Crippen molar-refractivity contribution in [2.24, 2.45) is 0 Å². The molecule has 1 rings (SSSR count). The van der Waals surface area contributed by atoms with Gasteiger partial charge in [-0.15, -0.1) is 0 Å². The zero-order valence-corrected chi connectivity index (χ0v) is 11.8. The second kappa shape index (κ2) is 6.49. The fourth-order valence-corrected chi connectivity index (χ4v) is 2.05. The van der Waals surface area contributed by atoms with Gasteiger partial charge in [-0.25, -0.2) is 0 Å². The van der Waals surface area contributed by atoms with Crippen molar-refractivity contribution >= 4 is 27.6 Å². The molecule has 1 aromatic carbocycles. The van der Waals surface area contributed by atoms with Gasteiger partial charge in [-0.1, -0.05) is 22.9 Å². The Kier molecular flexibility index (Phi) is 5.27. The lowest BCUT2D eigenvalue weighted by Gasteiger charge is -2.11.